The second-order valence-corrected chi connectivity index (χ2v) is 8.05. The van der Waals surface area contributed by atoms with Crippen LogP contribution in [0.3, 0.4) is 0 Å². The summed E-state index contributed by atoms with van der Waals surface area (Å²) in [4.78, 5) is 16.7. The van der Waals surface area contributed by atoms with E-state index in [0.29, 0.717) is 0 Å². The molecule has 3 heterocycles. The van der Waals surface area contributed by atoms with Gasteiger partial charge in [-0.25, -0.2) is 0 Å². The Kier molecular flexibility index (Phi) is 3.72. The molecule has 0 unspecified atom stereocenters. The topological polar surface area (TPSA) is 44.4 Å². The molecule has 2 aliphatic heterocycles. The maximum atomic E-state index is 12.9. The molecule has 0 fully saturated rings. The predicted octanol–water partition coefficient (Wildman–Crippen LogP) is 4.13. The molecule has 0 bridgehead atoms. The average molecular weight is 363 g/mol. The summed E-state index contributed by atoms with van der Waals surface area (Å²) in [5.74, 6) is 0.0548. The number of nitrogens with zero attached hydrogens (tertiary/aromatic N) is 1. The normalized spacial score (nSPS) is 19.6. The number of fused-ring (bicyclic) bond motifs is 4. The summed E-state index contributed by atoms with van der Waals surface area (Å²) in [6.45, 7) is 5.24. The molecule has 2 N–H and O–H groups in total. The van der Waals surface area contributed by atoms with E-state index in [-0.39, 0.29) is 12.1 Å². The number of hydrogen-bond acceptors (Lipinski definition) is 4. The van der Waals surface area contributed by atoms with Gasteiger partial charge in [0.2, 0.25) is 0 Å². The SMILES string of the molecule is CCN1CCc2c(sc3c2C(=O)N[C@H](c2cccc4ccccc24)N3)C1. The first-order valence-electron chi connectivity index (χ1n) is 9.16. The molecule has 4 nitrogen and oxygen atoms in total. The van der Waals surface area contributed by atoms with Crippen LogP contribution in [0.15, 0.2) is 42.5 Å². The second kappa shape index (κ2) is 6.11. The molecule has 3 aromatic rings. The molecule has 2 aromatic carbocycles. The van der Waals surface area contributed by atoms with E-state index in [4.69, 9.17) is 0 Å². The highest BCUT2D eigenvalue weighted by molar-refractivity contribution is 7.16. The molecule has 1 amide bonds. The molecule has 2 aliphatic rings. The van der Waals surface area contributed by atoms with E-state index in [0.717, 1.165) is 42.2 Å². The standard InChI is InChI=1S/C21H21N3OS/c1-2-24-11-10-16-17(12-24)26-21-18(16)20(25)22-19(23-21)15-9-5-7-13-6-3-4-8-14(13)15/h3-9,19,23H,2,10-12H2,1H3,(H,22,25)/t19-/m0/s1. The van der Waals surface area contributed by atoms with Gasteiger partial charge < -0.3 is 10.6 Å². The van der Waals surface area contributed by atoms with Gasteiger partial charge >= 0.3 is 0 Å². The van der Waals surface area contributed by atoms with E-state index in [1.807, 2.05) is 12.1 Å². The zero-order valence-corrected chi connectivity index (χ0v) is 15.5. The van der Waals surface area contributed by atoms with Gasteiger partial charge in [-0.3, -0.25) is 9.69 Å². The molecule has 0 saturated carbocycles. The van der Waals surface area contributed by atoms with Gasteiger partial charge in [-0.1, -0.05) is 49.4 Å². The summed E-state index contributed by atoms with van der Waals surface area (Å²) in [5, 5.41) is 10.2. The van der Waals surface area contributed by atoms with Crippen molar-refractivity contribution in [3.8, 4) is 0 Å². The van der Waals surface area contributed by atoms with Crippen LogP contribution in [-0.2, 0) is 13.0 Å². The Morgan fingerprint density at radius 3 is 2.88 bits per heavy atom. The summed E-state index contributed by atoms with van der Waals surface area (Å²) in [7, 11) is 0. The third-order valence-electron chi connectivity index (χ3n) is 5.50. The van der Waals surface area contributed by atoms with E-state index in [1.54, 1.807) is 11.3 Å². The number of anilines is 1. The largest absolute Gasteiger partial charge is 0.353 e. The molecule has 0 radical (unpaired) electrons. The van der Waals surface area contributed by atoms with Crippen molar-refractivity contribution >= 4 is 33.0 Å². The van der Waals surface area contributed by atoms with Gasteiger partial charge in [0.05, 0.1) is 5.56 Å². The van der Waals surface area contributed by atoms with E-state index < -0.39 is 0 Å². The first kappa shape index (κ1) is 15.9. The predicted molar refractivity (Wildman–Crippen MR) is 107 cm³/mol. The number of carbonyl (C=O) groups is 1. The van der Waals surface area contributed by atoms with Crippen LogP contribution in [0.5, 0.6) is 0 Å². The molecule has 5 heteroatoms. The lowest BCUT2D eigenvalue weighted by atomic mass is 9.98. The fraction of sp³-hybridized carbons (Fsp3) is 0.286. The van der Waals surface area contributed by atoms with E-state index in [2.05, 4.69) is 52.8 Å². The van der Waals surface area contributed by atoms with Crippen LogP contribution in [0.2, 0.25) is 0 Å². The first-order chi connectivity index (χ1) is 12.7. The maximum Gasteiger partial charge on any atom is 0.256 e. The van der Waals surface area contributed by atoms with Crippen molar-refractivity contribution in [1.29, 1.82) is 0 Å². The molecule has 1 aromatic heterocycles. The molecule has 0 saturated heterocycles. The summed E-state index contributed by atoms with van der Waals surface area (Å²) < 4.78 is 0. The number of likely N-dealkylation sites (N-methyl/N-ethyl adjacent to an activating group) is 1. The first-order valence-corrected chi connectivity index (χ1v) is 9.98. The van der Waals surface area contributed by atoms with Gasteiger partial charge in [0.1, 0.15) is 11.2 Å². The van der Waals surface area contributed by atoms with Gasteiger partial charge in [0.25, 0.3) is 5.91 Å². The Balaban J connectivity index is 1.55. The summed E-state index contributed by atoms with van der Waals surface area (Å²) in [6.07, 6.45) is 0.770. The zero-order chi connectivity index (χ0) is 17.7. The van der Waals surface area contributed by atoms with Gasteiger partial charge in [-0.15, -0.1) is 11.3 Å². The van der Waals surface area contributed by atoms with Crippen molar-refractivity contribution in [3.05, 3.63) is 64.0 Å². The van der Waals surface area contributed by atoms with Crippen LogP contribution in [0.4, 0.5) is 5.00 Å². The van der Waals surface area contributed by atoms with Crippen LogP contribution < -0.4 is 10.6 Å². The van der Waals surface area contributed by atoms with Crippen molar-refractivity contribution in [2.75, 3.05) is 18.4 Å². The van der Waals surface area contributed by atoms with Crippen LogP contribution in [-0.4, -0.2) is 23.9 Å². The van der Waals surface area contributed by atoms with Crippen LogP contribution in [0.25, 0.3) is 10.8 Å². The number of rotatable bonds is 2. The molecule has 132 valence electrons. The number of benzene rings is 2. The van der Waals surface area contributed by atoms with E-state index >= 15 is 0 Å². The van der Waals surface area contributed by atoms with Gasteiger partial charge in [0, 0.05) is 23.5 Å². The summed E-state index contributed by atoms with van der Waals surface area (Å²) in [5.41, 5.74) is 3.23. The summed E-state index contributed by atoms with van der Waals surface area (Å²) in [6, 6.07) is 14.6. The number of thiophene rings is 1. The summed E-state index contributed by atoms with van der Waals surface area (Å²) >= 11 is 1.75. The highest BCUT2D eigenvalue weighted by atomic mass is 32.1. The maximum absolute atomic E-state index is 12.9. The van der Waals surface area contributed by atoms with E-state index in [9.17, 15) is 4.79 Å². The molecule has 0 spiro atoms. The Morgan fingerprint density at radius 2 is 2.00 bits per heavy atom. The molecule has 0 aliphatic carbocycles. The number of carbonyl (C=O) groups excluding carboxylic acids is 1. The van der Waals surface area contributed by atoms with Crippen LogP contribution in [0, 0.1) is 0 Å². The minimum absolute atomic E-state index is 0.0548. The second-order valence-electron chi connectivity index (χ2n) is 6.95. The molecule has 1 atom stereocenters. The lowest BCUT2D eigenvalue weighted by molar-refractivity contribution is 0.0935. The monoisotopic (exact) mass is 363 g/mol. The Bertz CT molecular complexity index is 1000. The quantitative estimate of drug-likeness (QED) is 0.719. The minimum Gasteiger partial charge on any atom is -0.353 e. The van der Waals surface area contributed by atoms with E-state index in [1.165, 1.54) is 21.2 Å². The fourth-order valence-electron chi connectivity index (χ4n) is 4.10. The molecular weight excluding hydrogens is 342 g/mol. The Hall–Kier alpha value is -2.37. The third-order valence-corrected chi connectivity index (χ3v) is 6.64. The molecule has 5 rings (SSSR count). The lowest BCUT2D eigenvalue weighted by Crippen LogP contribution is -2.39. The number of nitrogens with one attached hydrogen (secondary N) is 2. The van der Waals surface area contributed by atoms with Gasteiger partial charge in [-0.05, 0) is 29.3 Å². The van der Waals surface area contributed by atoms with Crippen molar-refractivity contribution in [3.63, 3.8) is 0 Å². The Morgan fingerprint density at radius 1 is 1.15 bits per heavy atom. The van der Waals surface area contributed by atoms with Crippen LogP contribution >= 0.6 is 11.3 Å². The number of hydrogen-bond donors (Lipinski definition) is 2. The highest BCUT2D eigenvalue weighted by Gasteiger charge is 2.33. The van der Waals surface area contributed by atoms with Crippen molar-refractivity contribution in [2.24, 2.45) is 0 Å². The Labute approximate surface area is 156 Å². The molecule has 26 heavy (non-hydrogen) atoms. The van der Waals surface area contributed by atoms with Crippen molar-refractivity contribution < 1.29 is 4.79 Å². The zero-order valence-electron chi connectivity index (χ0n) is 14.7. The van der Waals surface area contributed by atoms with Crippen molar-refractivity contribution in [2.45, 2.75) is 26.1 Å². The third kappa shape index (κ3) is 2.42. The number of amides is 1. The van der Waals surface area contributed by atoms with Crippen LogP contribution in [0.1, 0.15) is 39.5 Å². The van der Waals surface area contributed by atoms with Gasteiger partial charge in [-0.2, -0.15) is 0 Å². The smallest absolute Gasteiger partial charge is 0.256 e. The van der Waals surface area contributed by atoms with Gasteiger partial charge in [0.15, 0.2) is 0 Å². The average Bonchev–Trinajstić information content (AvgIpc) is 3.05. The highest BCUT2D eigenvalue weighted by Crippen LogP contribution is 2.41. The lowest BCUT2D eigenvalue weighted by Gasteiger charge is -2.28. The molecular formula is C21H21N3OS. The van der Waals surface area contributed by atoms with Crippen molar-refractivity contribution in [1.82, 2.24) is 10.2 Å². The minimum atomic E-state index is -0.191. The fourth-order valence-corrected chi connectivity index (χ4v) is 5.41.